The monoisotopic (exact) mass is 1380 g/mol. The lowest BCUT2D eigenvalue weighted by Gasteiger charge is -2.23. The molecule has 0 bridgehead atoms. The summed E-state index contributed by atoms with van der Waals surface area (Å²) in [6, 6.07) is 14.7. The molecule has 30 nitrogen and oxygen atoms in total. The topological polar surface area (TPSA) is 412 Å². The van der Waals surface area contributed by atoms with Crippen LogP contribution in [0.3, 0.4) is 0 Å². The summed E-state index contributed by atoms with van der Waals surface area (Å²) in [5.74, 6) is -6.65. The fourth-order valence-corrected chi connectivity index (χ4v) is 9.50. The van der Waals surface area contributed by atoms with E-state index in [-0.39, 0.29) is 126 Å². The van der Waals surface area contributed by atoms with E-state index in [1.54, 1.807) is 74.9 Å². The summed E-state index contributed by atoms with van der Waals surface area (Å²) in [4.78, 5) is 167. The van der Waals surface area contributed by atoms with Gasteiger partial charge in [-0.3, -0.25) is 38.4 Å². The number of amides is 8. The van der Waals surface area contributed by atoms with Gasteiger partial charge in [-0.2, -0.15) is 0 Å². The van der Waals surface area contributed by atoms with Gasteiger partial charge in [-0.25, -0.2) is 24.0 Å². The molecule has 0 aliphatic carbocycles. The van der Waals surface area contributed by atoms with Gasteiger partial charge in [0.15, 0.2) is 23.1 Å². The summed E-state index contributed by atoms with van der Waals surface area (Å²) >= 11 is 0. The molecule has 0 spiro atoms. The lowest BCUT2D eigenvalue weighted by Crippen LogP contribution is -2.46. The molecule has 0 aliphatic heterocycles. The quantitative estimate of drug-likeness (QED) is 0.0330. The zero-order chi connectivity index (χ0) is 72.3. The predicted molar refractivity (Wildman–Crippen MR) is 356 cm³/mol. The zero-order valence-corrected chi connectivity index (χ0v) is 57.5. The summed E-state index contributed by atoms with van der Waals surface area (Å²) in [6.07, 6.45) is -2.59. The number of carbonyl (C=O) groups is 13. The third-order valence-electron chi connectivity index (χ3n) is 14.5. The van der Waals surface area contributed by atoms with Crippen LogP contribution in [-0.4, -0.2) is 213 Å². The van der Waals surface area contributed by atoms with Crippen molar-refractivity contribution in [2.75, 3.05) is 113 Å². The maximum absolute atomic E-state index is 13.8. The molecule has 0 fully saturated rings. The minimum absolute atomic E-state index is 0.00251. The second kappa shape index (κ2) is 52.5. The van der Waals surface area contributed by atoms with Crippen molar-refractivity contribution in [3.05, 3.63) is 71.8 Å². The number of unbranched alkanes of at least 4 members (excludes halogenated alkanes) is 1. The number of methoxy groups -OCH3 is 2. The Kier molecular flexibility index (Phi) is 45.8. The second-order valence-corrected chi connectivity index (χ2v) is 23.9. The number of hydrogen-bond acceptors (Lipinski definition) is 21. The summed E-state index contributed by atoms with van der Waals surface area (Å²) in [5, 5.41) is 30.1. The molecule has 9 N–H and O–H groups in total. The molecule has 0 saturated heterocycles. The van der Waals surface area contributed by atoms with Gasteiger partial charge in [0, 0.05) is 97.4 Å². The Labute approximate surface area is 573 Å². The van der Waals surface area contributed by atoms with Crippen molar-refractivity contribution in [3.63, 3.8) is 0 Å². The van der Waals surface area contributed by atoms with E-state index in [9.17, 15) is 67.4 Å². The van der Waals surface area contributed by atoms with Crippen molar-refractivity contribution >= 4 is 77.1 Å². The van der Waals surface area contributed by atoms with Gasteiger partial charge in [0.1, 0.15) is 32.5 Å². The Morgan fingerprint density at radius 3 is 1.18 bits per heavy atom. The van der Waals surface area contributed by atoms with Gasteiger partial charge < -0.3 is 85.5 Å². The minimum Gasteiger partial charge on any atom is -0.480 e. The molecule has 0 aliphatic rings. The van der Waals surface area contributed by atoms with Crippen LogP contribution in [0.25, 0.3) is 0 Å². The van der Waals surface area contributed by atoms with Gasteiger partial charge in [-0.1, -0.05) is 88.4 Å². The van der Waals surface area contributed by atoms with Gasteiger partial charge >= 0.3 is 30.3 Å². The largest absolute Gasteiger partial charge is 0.480 e. The number of carbonyl (C=O) groups excluding carboxylic acids is 12. The summed E-state index contributed by atoms with van der Waals surface area (Å²) < 4.78 is 40.6. The van der Waals surface area contributed by atoms with Gasteiger partial charge in [0.05, 0.1) is 51.6 Å². The highest BCUT2D eigenvalue weighted by molar-refractivity contribution is 5.95. The van der Waals surface area contributed by atoms with E-state index in [2.05, 4.69) is 42.5 Å². The number of carboxylic acid groups (broad SMARTS) is 1. The van der Waals surface area contributed by atoms with E-state index in [4.69, 9.17) is 37.9 Å². The molecule has 2 aromatic carbocycles. The van der Waals surface area contributed by atoms with Gasteiger partial charge in [0.2, 0.25) is 23.6 Å². The molecule has 5 unspecified atom stereocenters. The first kappa shape index (κ1) is 85.5. The number of aliphatic carboxylic acids is 1. The van der Waals surface area contributed by atoms with Gasteiger partial charge in [-0.15, -0.1) is 0 Å². The molecule has 5 atom stereocenters. The van der Waals surface area contributed by atoms with Crippen molar-refractivity contribution in [1.82, 2.24) is 42.5 Å². The molecule has 0 heterocycles. The van der Waals surface area contributed by atoms with Crippen LogP contribution in [0.2, 0.25) is 0 Å². The molecular formula is C68H104N8O22. The van der Waals surface area contributed by atoms with E-state index >= 15 is 0 Å². The normalized spacial score (nSPS) is 12.5. The maximum atomic E-state index is 13.8. The predicted octanol–water partition coefficient (Wildman–Crippen LogP) is 4.25. The summed E-state index contributed by atoms with van der Waals surface area (Å²) in [7, 11) is 3.14. The fourth-order valence-electron chi connectivity index (χ4n) is 9.50. The molecule has 2 rings (SSSR count). The molecule has 0 radical (unpaired) electrons. The van der Waals surface area contributed by atoms with Crippen LogP contribution in [0.5, 0.6) is 0 Å². The third kappa shape index (κ3) is 42.8. The third-order valence-corrected chi connectivity index (χ3v) is 14.5. The first-order valence-electron chi connectivity index (χ1n) is 33.3. The maximum Gasteiger partial charge on any atom is 0.407 e. The molecule has 548 valence electrons. The van der Waals surface area contributed by atoms with E-state index in [0.29, 0.717) is 78.4 Å². The number of benzene rings is 2. The SMILES string of the molecule is COCCOCCCNC(=O)CCC(=O)C(CC(C)C)NC(=O)C(CC(=O)CNC(=O)OCCOC(=O)NCCCCC(NC(=O)OCCOC(=O)NCC(=O)CC(Cc1ccccc1)C(=O)NC(CC(C)C)C(=O)CCC(=O)NCCCOCCOC)C(=O)O)Cc1ccccc1. The van der Waals surface area contributed by atoms with Crippen molar-refractivity contribution in [2.45, 2.75) is 142 Å². The Balaban J connectivity index is 1.73. The molecular weight excluding hydrogens is 1280 g/mol. The first-order chi connectivity index (χ1) is 47.0. The standard InChI is InChI=1S/C68H104N8O22/c1-47(2)39-56(58(79)22-24-60(81)69-27-15-29-93-33-31-91-5)74-62(83)51(41-49-17-9-7-10-18-49)43-53(77)45-72-66(88)96-36-35-95-65(87)71-26-14-13-21-55(64(85)86)76-68(90)98-38-37-97-67(89)73-46-54(78)44-52(42-50-19-11-8-12-20-50)63(84)75-57(40-48(3)4)59(80)23-25-61(82)70-28-16-30-94-34-32-92-6/h7-12,17-20,47-48,51-52,55-57H,13-16,21-46H2,1-6H3,(H,69,81)(H,70,82)(H,71,87)(H,72,88)(H,73,89)(H,74,83)(H,75,84)(H,76,90)(H,85,86). The molecule has 30 heteroatoms. The first-order valence-corrected chi connectivity index (χ1v) is 33.3. The lowest BCUT2D eigenvalue weighted by atomic mass is 9.91. The van der Waals surface area contributed by atoms with E-state index in [1.165, 1.54) is 0 Å². The van der Waals surface area contributed by atoms with Crippen LogP contribution in [0, 0.1) is 23.7 Å². The van der Waals surface area contributed by atoms with Crippen LogP contribution in [-0.2, 0) is 93.9 Å². The molecule has 98 heavy (non-hydrogen) atoms. The summed E-state index contributed by atoms with van der Waals surface area (Å²) in [6.45, 7) is 8.25. The Hall–Kier alpha value is -8.61. The fraction of sp³-hybridized carbons (Fsp3) is 0.632. The molecule has 0 aromatic heterocycles. The number of hydrogen-bond donors (Lipinski definition) is 9. The van der Waals surface area contributed by atoms with Gasteiger partial charge in [0.25, 0.3) is 0 Å². The van der Waals surface area contributed by atoms with Crippen LogP contribution in [0.15, 0.2) is 60.7 Å². The number of rotatable bonds is 55. The summed E-state index contributed by atoms with van der Waals surface area (Å²) in [5.41, 5.74) is 1.51. The van der Waals surface area contributed by atoms with Crippen molar-refractivity contribution in [3.8, 4) is 0 Å². The molecule has 2 aromatic rings. The number of nitrogens with one attached hydrogen (secondary N) is 8. The second-order valence-electron chi connectivity index (χ2n) is 23.9. The lowest BCUT2D eigenvalue weighted by molar-refractivity contribution is -0.139. The molecule has 8 amide bonds. The Morgan fingerprint density at radius 1 is 0.408 bits per heavy atom. The molecule has 0 saturated carbocycles. The van der Waals surface area contributed by atoms with Crippen molar-refractivity contribution in [2.24, 2.45) is 23.7 Å². The average molecular weight is 1390 g/mol. The van der Waals surface area contributed by atoms with Crippen molar-refractivity contribution < 1.29 is 105 Å². The number of carboxylic acids is 1. The highest BCUT2D eigenvalue weighted by Gasteiger charge is 2.31. The van der Waals surface area contributed by atoms with E-state index in [0.717, 1.165) is 11.1 Å². The Bertz CT molecular complexity index is 2740. The average Bonchev–Trinajstić information content (AvgIpc) is 0.895. The van der Waals surface area contributed by atoms with Crippen LogP contribution >= 0.6 is 0 Å². The minimum atomic E-state index is -1.39. The number of ether oxygens (including phenoxy) is 8. The van der Waals surface area contributed by atoms with E-state index < -0.39 is 110 Å². The van der Waals surface area contributed by atoms with Crippen molar-refractivity contribution in [1.29, 1.82) is 0 Å². The van der Waals surface area contributed by atoms with Gasteiger partial charge in [-0.05, 0) is 80.8 Å². The van der Waals surface area contributed by atoms with E-state index in [1.807, 2.05) is 27.7 Å². The van der Waals surface area contributed by atoms with Crippen LogP contribution in [0.1, 0.15) is 122 Å². The number of Topliss-reactive ketones (excluding diaryl/α,β-unsaturated/α-hetero) is 4. The highest BCUT2D eigenvalue weighted by Crippen LogP contribution is 2.19. The smallest absolute Gasteiger partial charge is 0.407 e. The number of alkyl carbamates (subject to hydrolysis) is 4. The van der Waals surface area contributed by atoms with Crippen LogP contribution in [0.4, 0.5) is 19.2 Å². The number of ketones is 4. The van der Waals surface area contributed by atoms with Crippen LogP contribution < -0.4 is 42.5 Å². The zero-order valence-electron chi connectivity index (χ0n) is 57.5. The Morgan fingerprint density at radius 2 is 0.796 bits per heavy atom. The highest BCUT2D eigenvalue weighted by atomic mass is 16.6.